The Hall–Kier alpha value is -0.890. The Balaban J connectivity index is 2.78. The minimum Gasteiger partial charge on any atom is -0.399 e. The summed E-state index contributed by atoms with van der Waals surface area (Å²) in [6.45, 7) is 5.72. The van der Waals surface area contributed by atoms with Gasteiger partial charge in [0, 0.05) is 16.3 Å². The van der Waals surface area contributed by atoms with Crippen molar-refractivity contribution < 1.29 is 0 Å². The van der Waals surface area contributed by atoms with Crippen LogP contribution >= 0.6 is 11.8 Å². The van der Waals surface area contributed by atoms with Gasteiger partial charge in [-0.05, 0) is 30.7 Å². The Labute approximate surface area is 77.7 Å². The van der Waals surface area contributed by atoms with E-state index in [9.17, 15) is 0 Å². The van der Waals surface area contributed by atoms with Gasteiger partial charge in [-0.25, -0.2) is 0 Å². The second-order valence-electron chi connectivity index (χ2n) is 2.68. The maximum absolute atomic E-state index is 5.69. The van der Waals surface area contributed by atoms with Crippen LogP contribution in [0.1, 0.15) is 5.56 Å². The highest BCUT2D eigenvalue weighted by Gasteiger charge is 1.94. The van der Waals surface area contributed by atoms with Crippen molar-refractivity contribution in [3.05, 3.63) is 36.4 Å². The molecule has 1 aromatic rings. The van der Waals surface area contributed by atoms with E-state index in [2.05, 4.69) is 12.6 Å². The smallest absolute Gasteiger partial charge is 0.0327 e. The predicted molar refractivity (Wildman–Crippen MR) is 56.5 cm³/mol. The molecule has 12 heavy (non-hydrogen) atoms. The number of benzene rings is 1. The number of hydrogen-bond donors (Lipinski definition) is 1. The Morgan fingerprint density at radius 2 is 2.25 bits per heavy atom. The van der Waals surface area contributed by atoms with E-state index in [4.69, 9.17) is 5.73 Å². The van der Waals surface area contributed by atoms with Crippen molar-refractivity contribution in [2.24, 2.45) is 0 Å². The third-order valence-electron chi connectivity index (χ3n) is 1.44. The number of anilines is 1. The molecule has 1 nitrogen and oxygen atoms in total. The van der Waals surface area contributed by atoms with Gasteiger partial charge in [-0.2, -0.15) is 0 Å². The van der Waals surface area contributed by atoms with Crippen molar-refractivity contribution in [2.75, 3.05) is 11.5 Å². The number of nitrogens with two attached hydrogens (primary N) is 1. The quantitative estimate of drug-likeness (QED) is 0.438. The average Bonchev–Trinajstić information content (AvgIpc) is 1.99. The molecule has 0 aromatic heterocycles. The molecule has 0 bridgehead atoms. The average molecular weight is 179 g/mol. The zero-order valence-electron chi connectivity index (χ0n) is 7.21. The van der Waals surface area contributed by atoms with Crippen LogP contribution in [0.3, 0.4) is 0 Å². The third-order valence-corrected chi connectivity index (χ3v) is 2.41. The molecule has 2 N–H and O–H groups in total. The summed E-state index contributed by atoms with van der Waals surface area (Å²) in [6.07, 6.45) is 1.89. The molecule has 0 aliphatic carbocycles. The van der Waals surface area contributed by atoms with Crippen molar-refractivity contribution in [3.63, 3.8) is 0 Å². The van der Waals surface area contributed by atoms with Crippen LogP contribution in [0.15, 0.2) is 35.7 Å². The summed E-state index contributed by atoms with van der Waals surface area (Å²) in [5.74, 6) is 0.933. The molecule has 0 unspecified atom stereocenters. The molecular formula is C10H13NS. The lowest BCUT2D eigenvalue weighted by molar-refractivity contribution is 1.36. The Bertz CT molecular complexity index is 261. The Morgan fingerprint density at radius 3 is 2.83 bits per heavy atom. The molecule has 1 rings (SSSR count). The Kier molecular flexibility index (Phi) is 3.23. The fourth-order valence-corrected chi connectivity index (χ4v) is 1.81. The zero-order valence-corrected chi connectivity index (χ0v) is 8.03. The molecule has 0 saturated heterocycles. The summed E-state index contributed by atoms with van der Waals surface area (Å²) < 4.78 is 0. The van der Waals surface area contributed by atoms with Crippen LogP contribution in [-0.2, 0) is 0 Å². The van der Waals surface area contributed by atoms with Crippen molar-refractivity contribution >= 4 is 17.4 Å². The molecular weight excluding hydrogens is 166 g/mol. The monoisotopic (exact) mass is 179 g/mol. The van der Waals surface area contributed by atoms with Crippen molar-refractivity contribution in [2.45, 2.75) is 11.8 Å². The van der Waals surface area contributed by atoms with Crippen molar-refractivity contribution in [1.82, 2.24) is 0 Å². The van der Waals surface area contributed by atoms with E-state index in [1.807, 2.05) is 25.1 Å². The summed E-state index contributed by atoms with van der Waals surface area (Å²) in [4.78, 5) is 1.22. The van der Waals surface area contributed by atoms with E-state index >= 15 is 0 Å². The second kappa shape index (κ2) is 4.21. The van der Waals surface area contributed by atoms with Crippen LogP contribution in [0.25, 0.3) is 0 Å². The van der Waals surface area contributed by atoms with Crippen molar-refractivity contribution in [1.29, 1.82) is 0 Å². The lowest BCUT2D eigenvalue weighted by Gasteiger charge is -2.02. The van der Waals surface area contributed by atoms with Gasteiger partial charge in [-0.3, -0.25) is 0 Å². The summed E-state index contributed by atoms with van der Waals surface area (Å²) >= 11 is 1.75. The second-order valence-corrected chi connectivity index (χ2v) is 3.77. The normalized spacial score (nSPS) is 9.75. The summed E-state index contributed by atoms with van der Waals surface area (Å²) in [7, 11) is 0. The SMILES string of the molecule is C=CCSc1cc(C)cc(N)c1. The topological polar surface area (TPSA) is 26.0 Å². The van der Waals surface area contributed by atoms with E-state index in [1.54, 1.807) is 11.8 Å². The minimum absolute atomic E-state index is 0.835. The van der Waals surface area contributed by atoms with E-state index in [1.165, 1.54) is 10.5 Å². The molecule has 0 spiro atoms. The fourth-order valence-electron chi connectivity index (χ4n) is 1.02. The molecule has 0 fully saturated rings. The van der Waals surface area contributed by atoms with Gasteiger partial charge >= 0.3 is 0 Å². The largest absolute Gasteiger partial charge is 0.399 e. The van der Waals surface area contributed by atoms with Crippen LogP contribution in [0.5, 0.6) is 0 Å². The third kappa shape index (κ3) is 2.62. The van der Waals surface area contributed by atoms with Gasteiger partial charge in [-0.1, -0.05) is 6.08 Å². The van der Waals surface area contributed by atoms with E-state index in [-0.39, 0.29) is 0 Å². The first-order chi connectivity index (χ1) is 5.72. The summed E-state index contributed by atoms with van der Waals surface area (Å²) in [6, 6.07) is 6.09. The molecule has 2 heteroatoms. The van der Waals surface area contributed by atoms with E-state index in [0.29, 0.717) is 0 Å². The molecule has 0 heterocycles. The van der Waals surface area contributed by atoms with Gasteiger partial charge in [0.1, 0.15) is 0 Å². The maximum atomic E-state index is 5.69. The lowest BCUT2D eigenvalue weighted by atomic mass is 10.2. The van der Waals surface area contributed by atoms with E-state index in [0.717, 1.165) is 11.4 Å². The maximum Gasteiger partial charge on any atom is 0.0327 e. The van der Waals surface area contributed by atoms with Gasteiger partial charge in [-0.15, -0.1) is 18.3 Å². The number of nitrogen functional groups attached to an aromatic ring is 1. The zero-order chi connectivity index (χ0) is 8.97. The number of rotatable bonds is 3. The van der Waals surface area contributed by atoms with Gasteiger partial charge in [0.25, 0.3) is 0 Å². The molecule has 0 aliphatic heterocycles. The number of hydrogen-bond acceptors (Lipinski definition) is 2. The highest BCUT2D eigenvalue weighted by atomic mass is 32.2. The van der Waals surface area contributed by atoms with Gasteiger partial charge in [0.15, 0.2) is 0 Å². The van der Waals surface area contributed by atoms with Crippen molar-refractivity contribution in [3.8, 4) is 0 Å². The van der Waals surface area contributed by atoms with Crippen LogP contribution in [0.2, 0.25) is 0 Å². The lowest BCUT2D eigenvalue weighted by Crippen LogP contribution is -1.86. The Morgan fingerprint density at radius 1 is 1.50 bits per heavy atom. The standard InChI is InChI=1S/C10H13NS/c1-3-4-12-10-6-8(2)5-9(11)7-10/h3,5-7H,1,4,11H2,2H3. The summed E-state index contributed by atoms with van der Waals surface area (Å²) in [5, 5.41) is 0. The van der Waals surface area contributed by atoms with E-state index < -0.39 is 0 Å². The number of thioether (sulfide) groups is 1. The highest BCUT2D eigenvalue weighted by molar-refractivity contribution is 7.99. The van der Waals surface area contributed by atoms with Crippen LogP contribution < -0.4 is 5.73 Å². The van der Waals surface area contributed by atoms with Gasteiger partial charge in [0.2, 0.25) is 0 Å². The molecule has 0 radical (unpaired) electrons. The predicted octanol–water partition coefficient (Wildman–Crippen LogP) is 2.86. The molecule has 0 saturated carbocycles. The minimum atomic E-state index is 0.835. The molecule has 0 atom stereocenters. The van der Waals surface area contributed by atoms with Gasteiger partial charge < -0.3 is 5.73 Å². The van der Waals surface area contributed by atoms with Gasteiger partial charge in [0.05, 0.1) is 0 Å². The highest BCUT2D eigenvalue weighted by Crippen LogP contribution is 2.22. The fraction of sp³-hybridized carbons (Fsp3) is 0.200. The van der Waals surface area contributed by atoms with Crippen LogP contribution in [0, 0.1) is 6.92 Å². The molecule has 64 valence electrons. The molecule has 1 aromatic carbocycles. The molecule has 0 aliphatic rings. The number of aryl methyl sites for hydroxylation is 1. The van der Waals surface area contributed by atoms with Crippen LogP contribution in [-0.4, -0.2) is 5.75 Å². The molecule has 0 amide bonds. The summed E-state index contributed by atoms with van der Waals surface area (Å²) in [5.41, 5.74) is 7.74. The first-order valence-electron chi connectivity index (χ1n) is 3.83. The first kappa shape index (κ1) is 9.20. The first-order valence-corrected chi connectivity index (χ1v) is 4.82. The van der Waals surface area contributed by atoms with Crippen LogP contribution in [0.4, 0.5) is 5.69 Å².